The fourth-order valence-electron chi connectivity index (χ4n) is 4.79. The van der Waals surface area contributed by atoms with E-state index in [4.69, 9.17) is 5.73 Å². The predicted octanol–water partition coefficient (Wildman–Crippen LogP) is 3.19. The molecule has 178 valence electrons. The van der Waals surface area contributed by atoms with E-state index in [2.05, 4.69) is 10.2 Å². The van der Waals surface area contributed by atoms with Crippen molar-refractivity contribution in [1.29, 1.82) is 0 Å². The van der Waals surface area contributed by atoms with E-state index in [1.54, 1.807) is 0 Å². The minimum atomic E-state index is -4.45. The van der Waals surface area contributed by atoms with Crippen LogP contribution < -0.4 is 11.1 Å². The van der Waals surface area contributed by atoms with Crippen molar-refractivity contribution < 1.29 is 22.8 Å². The molecule has 2 aliphatic heterocycles. The summed E-state index contributed by atoms with van der Waals surface area (Å²) in [6.07, 6.45) is -2.08. The van der Waals surface area contributed by atoms with Gasteiger partial charge in [-0.2, -0.15) is 13.2 Å². The maximum Gasteiger partial charge on any atom is 0.416 e. The van der Waals surface area contributed by atoms with Crippen molar-refractivity contribution in [2.45, 2.75) is 51.4 Å². The monoisotopic (exact) mass is 454 g/mol. The summed E-state index contributed by atoms with van der Waals surface area (Å²) >= 11 is 0. The second-order valence-corrected chi connectivity index (χ2v) is 9.44. The normalized spacial score (nSPS) is 24.1. The molecule has 3 rings (SSSR count). The minimum Gasteiger partial charge on any atom is -0.341 e. The van der Waals surface area contributed by atoms with Gasteiger partial charge in [-0.25, -0.2) is 0 Å². The Morgan fingerprint density at radius 1 is 1.19 bits per heavy atom. The third-order valence-electron chi connectivity index (χ3n) is 6.83. The van der Waals surface area contributed by atoms with E-state index < -0.39 is 17.8 Å². The standard InChI is InChI=1S/C23H33F3N4O2/c1-14(2)20(27)22(32)30-9-7-15(8-10-30)19-11-16(13-29(19)3)21(31)28-18-6-4-5-17(12-18)23(24,25)26/h4-6,12,14-16,19-20H,7-11,13,27H2,1-3H3,(H,28,31)/t16-,19-,20-/m0/s1. The number of anilines is 1. The van der Waals surface area contributed by atoms with Crippen LogP contribution in [0.2, 0.25) is 0 Å². The van der Waals surface area contributed by atoms with Crippen molar-refractivity contribution in [3.05, 3.63) is 29.8 Å². The van der Waals surface area contributed by atoms with Crippen molar-refractivity contribution in [2.75, 3.05) is 32.0 Å². The molecule has 2 saturated heterocycles. The van der Waals surface area contributed by atoms with E-state index in [1.165, 1.54) is 12.1 Å². The average Bonchev–Trinajstić information content (AvgIpc) is 3.14. The summed E-state index contributed by atoms with van der Waals surface area (Å²) in [4.78, 5) is 29.3. The first-order chi connectivity index (χ1) is 15.0. The highest BCUT2D eigenvalue weighted by molar-refractivity contribution is 5.93. The molecule has 0 aromatic heterocycles. The zero-order valence-corrected chi connectivity index (χ0v) is 18.9. The number of benzene rings is 1. The topological polar surface area (TPSA) is 78.7 Å². The first-order valence-electron chi connectivity index (χ1n) is 11.2. The highest BCUT2D eigenvalue weighted by Crippen LogP contribution is 2.34. The van der Waals surface area contributed by atoms with Crippen LogP contribution in [0.1, 0.15) is 38.7 Å². The Morgan fingerprint density at radius 3 is 2.44 bits per heavy atom. The van der Waals surface area contributed by atoms with Gasteiger partial charge in [0.1, 0.15) is 0 Å². The van der Waals surface area contributed by atoms with Crippen LogP contribution in [0.25, 0.3) is 0 Å². The number of hydrogen-bond acceptors (Lipinski definition) is 4. The molecule has 2 fully saturated rings. The molecule has 0 saturated carbocycles. The van der Waals surface area contributed by atoms with E-state index in [1.807, 2.05) is 25.8 Å². The quantitative estimate of drug-likeness (QED) is 0.716. The van der Waals surface area contributed by atoms with Gasteiger partial charge < -0.3 is 20.9 Å². The summed E-state index contributed by atoms with van der Waals surface area (Å²) in [6.45, 7) is 5.76. The van der Waals surface area contributed by atoms with Crippen molar-refractivity contribution in [2.24, 2.45) is 23.5 Å². The average molecular weight is 455 g/mol. The number of carbonyl (C=O) groups is 2. The molecule has 2 amide bonds. The molecule has 0 bridgehead atoms. The number of carbonyl (C=O) groups excluding carboxylic acids is 2. The second-order valence-electron chi connectivity index (χ2n) is 9.44. The van der Waals surface area contributed by atoms with Gasteiger partial charge in [0.05, 0.1) is 17.5 Å². The number of likely N-dealkylation sites (tertiary alicyclic amines) is 2. The van der Waals surface area contributed by atoms with Gasteiger partial charge in [0.15, 0.2) is 0 Å². The highest BCUT2D eigenvalue weighted by atomic mass is 19.4. The number of halogens is 3. The number of rotatable bonds is 5. The zero-order valence-electron chi connectivity index (χ0n) is 18.9. The van der Waals surface area contributed by atoms with Crippen molar-refractivity contribution in [3.63, 3.8) is 0 Å². The van der Waals surface area contributed by atoms with Crippen LogP contribution in [0, 0.1) is 17.8 Å². The molecule has 0 unspecified atom stereocenters. The molecule has 0 aliphatic carbocycles. The van der Waals surface area contributed by atoms with Crippen LogP contribution in [-0.4, -0.2) is 60.4 Å². The summed E-state index contributed by atoms with van der Waals surface area (Å²) < 4.78 is 38.8. The molecule has 9 heteroatoms. The maximum absolute atomic E-state index is 12.9. The van der Waals surface area contributed by atoms with Crippen LogP contribution in [0.5, 0.6) is 0 Å². The lowest BCUT2D eigenvalue weighted by Crippen LogP contribution is -2.50. The molecular weight excluding hydrogens is 421 g/mol. The number of nitrogens with two attached hydrogens (primary N) is 1. The number of nitrogens with one attached hydrogen (secondary N) is 1. The molecule has 2 aliphatic rings. The molecule has 1 aromatic rings. The second kappa shape index (κ2) is 9.79. The molecule has 2 heterocycles. The maximum atomic E-state index is 12.9. The number of alkyl halides is 3. The van der Waals surface area contributed by atoms with Crippen molar-refractivity contribution in [3.8, 4) is 0 Å². The highest BCUT2D eigenvalue weighted by Gasteiger charge is 2.40. The van der Waals surface area contributed by atoms with Crippen molar-refractivity contribution >= 4 is 17.5 Å². The predicted molar refractivity (Wildman–Crippen MR) is 117 cm³/mol. The van der Waals surface area contributed by atoms with Crippen LogP contribution in [-0.2, 0) is 15.8 Å². The summed E-state index contributed by atoms with van der Waals surface area (Å²) in [5, 5.41) is 2.65. The smallest absolute Gasteiger partial charge is 0.341 e. The number of nitrogens with zero attached hydrogens (tertiary/aromatic N) is 2. The lowest BCUT2D eigenvalue weighted by molar-refractivity contribution is -0.137. The number of hydrogen-bond donors (Lipinski definition) is 2. The Labute approximate surface area is 187 Å². The fourth-order valence-corrected chi connectivity index (χ4v) is 4.79. The third-order valence-corrected chi connectivity index (χ3v) is 6.83. The summed E-state index contributed by atoms with van der Waals surface area (Å²) in [6, 6.07) is 4.44. The first kappa shape index (κ1) is 24.5. The van der Waals surface area contributed by atoms with Crippen molar-refractivity contribution in [1.82, 2.24) is 9.80 Å². The van der Waals surface area contributed by atoms with Crippen LogP contribution in [0.15, 0.2) is 24.3 Å². The number of piperidine rings is 1. The molecule has 3 atom stereocenters. The van der Waals surface area contributed by atoms with Gasteiger partial charge >= 0.3 is 6.18 Å². The third kappa shape index (κ3) is 5.61. The minimum absolute atomic E-state index is 0.00318. The molecule has 1 aromatic carbocycles. The summed E-state index contributed by atoms with van der Waals surface area (Å²) in [5.41, 5.74) is 5.39. The Morgan fingerprint density at radius 2 is 1.84 bits per heavy atom. The van der Waals surface area contributed by atoms with Crippen LogP contribution in [0.4, 0.5) is 18.9 Å². The van der Waals surface area contributed by atoms with Gasteiger partial charge in [-0.3, -0.25) is 9.59 Å². The van der Waals surface area contributed by atoms with E-state index >= 15 is 0 Å². The molecular formula is C23H33F3N4O2. The van der Waals surface area contributed by atoms with E-state index in [0.717, 1.165) is 25.0 Å². The van der Waals surface area contributed by atoms with Crippen LogP contribution in [0.3, 0.4) is 0 Å². The molecule has 6 nitrogen and oxygen atoms in total. The Hall–Kier alpha value is -2.13. The fraction of sp³-hybridized carbons (Fsp3) is 0.652. The van der Waals surface area contributed by atoms with Gasteiger partial charge in [0.2, 0.25) is 11.8 Å². The van der Waals surface area contributed by atoms with Crippen LogP contribution >= 0.6 is 0 Å². The van der Waals surface area contributed by atoms with E-state index in [-0.39, 0.29) is 35.4 Å². The van der Waals surface area contributed by atoms with E-state index in [0.29, 0.717) is 32.0 Å². The largest absolute Gasteiger partial charge is 0.416 e. The van der Waals surface area contributed by atoms with E-state index in [9.17, 15) is 22.8 Å². The Kier molecular flexibility index (Phi) is 7.50. The zero-order chi connectivity index (χ0) is 23.6. The number of amides is 2. The first-order valence-corrected chi connectivity index (χ1v) is 11.2. The van der Waals surface area contributed by atoms with Gasteiger partial charge in [-0.15, -0.1) is 0 Å². The lowest BCUT2D eigenvalue weighted by Gasteiger charge is -2.38. The summed E-state index contributed by atoms with van der Waals surface area (Å²) in [7, 11) is 1.98. The van der Waals surface area contributed by atoms with Gasteiger partial charge in [-0.05, 0) is 56.3 Å². The Bertz CT molecular complexity index is 822. The Balaban J connectivity index is 1.55. The van der Waals surface area contributed by atoms with Gasteiger partial charge in [0, 0.05) is 31.4 Å². The summed E-state index contributed by atoms with van der Waals surface area (Å²) in [5.74, 6) is -0.0812. The SMILES string of the molecule is CC(C)[C@H](N)C(=O)N1CCC([C@@H]2C[C@H](C(=O)Nc3cccc(C(F)(F)F)c3)CN2C)CC1. The lowest BCUT2D eigenvalue weighted by atomic mass is 9.86. The molecule has 0 spiro atoms. The molecule has 32 heavy (non-hydrogen) atoms. The van der Waals surface area contributed by atoms with Gasteiger partial charge in [-0.1, -0.05) is 19.9 Å². The molecule has 0 radical (unpaired) electrons. The molecule has 3 N–H and O–H groups in total. The van der Waals surface area contributed by atoms with Gasteiger partial charge in [0.25, 0.3) is 0 Å².